The summed E-state index contributed by atoms with van der Waals surface area (Å²) in [6.45, 7) is 3.70. The van der Waals surface area contributed by atoms with E-state index in [4.69, 9.17) is 14.6 Å². The zero-order chi connectivity index (χ0) is 14.5. The Morgan fingerprint density at radius 2 is 2.05 bits per heavy atom. The molecule has 19 heavy (non-hydrogen) atoms. The van der Waals surface area contributed by atoms with Crippen LogP contribution in [0.25, 0.3) is 10.4 Å². The predicted molar refractivity (Wildman–Crippen MR) is 68.5 cm³/mol. The first-order valence-corrected chi connectivity index (χ1v) is 7.53. The van der Waals surface area contributed by atoms with Gasteiger partial charge in [0.2, 0.25) is 0 Å². The molecule has 108 valence electrons. The van der Waals surface area contributed by atoms with Crippen molar-refractivity contribution in [1.82, 2.24) is 0 Å². The molecule has 0 aromatic heterocycles. The molecule has 1 aliphatic rings. The van der Waals surface area contributed by atoms with Crippen molar-refractivity contribution in [3.8, 4) is 0 Å². The predicted octanol–water partition coefficient (Wildman–Crippen LogP) is 1.94. The number of nitrogens with zero attached hydrogens (tertiary/aromatic N) is 3. The van der Waals surface area contributed by atoms with Crippen LogP contribution in [0, 0.1) is 0 Å². The summed E-state index contributed by atoms with van der Waals surface area (Å²) in [6, 6.07) is -0.995. The van der Waals surface area contributed by atoms with Crippen molar-refractivity contribution in [2.45, 2.75) is 38.5 Å². The molecule has 0 saturated heterocycles. The van der Waals surface area contributed by atoms with E-state index < -0.39 is 25.8 Å². The minimum atomic E-state index is -3.51. The Bertz CT molecular complexity index is 425. The zero-order valence-electron chi connectivity index (χ0n) is 10.8. The molecule has 0 spiro atoms. The highest BCUT2D eigenvalue weighted by Gasteiger charge is 2.39. The van der Waals surface area contributed by atoms with Crippen LogP contribution in [-0.2, 0) is 13.6 Å². The largest absolute Gasteiger partial charge is 0.392 e. The first-order valence-electron chi connectivity index (χ1n) is 5.99. The van der Waals surface area contributed by atoms with Gasteiger partial charge in [-0.05, 0) is 25.5 Å². The summed E-state index contributed by atoms with van der Waals surface area (Å²) in [7, 11) is -3.51. The van der Waals surface area contributed by atoms with Crippen molar-refractivity contribution in [3.63, 3.8) is 0 Å². The van der Waals surface area contributed by atoms with Gasteiger partial charge < -0.3 is 19.3 Å². The van der Waals surface area contributed by atoms with Crippen molar-refractivity contribution < 1.29 is 23.8 Å². The van der Waals surface area contributed by atoms with E-state index in [0.29, 0.717) is 0 Å². The maximum Gasteiger partial charge on any atom is 0.357 e. The van der Waals surface area contributed by atoms with Gasteiger partial charge in [-0.1, -0.05) is 5.11 Å². The van der Waals surface area contributed by atoms with Gasteiger partial charge in [0.05, 0.1) is 31.5 Å². The molecule has 0 radical (unpaired) electrons. The highest BCUT2D eigenvalue weighted by Crippen LogP contribution is 2.58. The number of aliphatic hydroxyl groups excluding tert-OH is 2. The summed E-state index contributed by atoms with van der Waals surface area (Å²) in [6.07, 6.45) is -1.10. The first-order chi connectivity index (χ1) is 8.98. The maximum absolute atomic E-state index is 12.5. The van der Waals surface area contributed by atoms with Crippen LogP contribution in [0.5, 0.6) is 0 Å². The molecule has 0 aromatic carbocycles. The number of azide groups is 1. The molecule has 0 amide bonds. The van der Waals surface area contributed by atoms with Crippen LogP contribution in [0.4, 0.5) is 0 Å². The van der Waals surface area contributed by atoms with Gasteiger partial charge in [-0.25, -0.2) is 0 Å². The number of hydrogen-bond acceptors (Lipinski definition) is 6. The molecule has 0 aromatic rings. The van der Waals surface area contributed by atoms with Crippen LogP contribution in [0.2, 0.25) is 0 Å². The second-order valence-electron chi connectivity index (χ2n) is 3.95. The summed E-state index contributed by atoms with van der Waals surface area (Å²) in [5.41, 5.74) is 8.36. The lowest BCUT2D eigenvalue weighted by atomic mass is 9.97. The molecule has 0 unspecified atom stereocenters. The third-order valence-corrected chi connectivity index (χ3v) is 4.89. The van der Waals surface area contributed by atoms with E-state index in [1.165, 1.54) is 6.08 Å². The molecule has 0 fully saturated rings. The Morgan fingerprint density at radius 1 is 1.47 bits per heavy atom. The molecule has 0 saturated carbocycles. The quantitative estimate of drug-likeness (QED) is 0.335. The van der Waals surface area contributed by atoms with E-state index in [-0.39, 0.29) is 24.9 Å². The van der Waals surface area contributed by atoms with E-state index in [9.17, 15) is 14.8 Å². The van der Waals surface area contributed by atoms with Gasteiger partial charge in [-0.3, -0.25) is 4.57 Å². The fraction of sp³-hybridized carbons (Fsp3) is 0.800. The van der Waals surface area contributed by atoms with Crippen molar-refractivity contribution in [2.24, 2.45) is 5.11 Å². The average molecular weight is 291 g/mol. The number of rotatable bonds is 6. The van der Waals surface area contributed by atoms with Crippen LogP contribution in [0.3, 0.4) is 0 Å². The van der Waals surface area contributed by atoms with Gasteiger partial charge in [0, 0.05) is 16.6 Å². The molecule has 9 heteroatoms. The molecule has 0 aliphatic heterocycles. The lowest BCUT2D eigenvalue weighted by Crippen LogP contribution is -2.38. The smallest absolute Gasteiger partial charge is 0.357 e. The van der Waals surface area contributed by atoms with E-state index in [1.807, 2.05) is 0 Å². The third kappa shape index (κ3) is 3.79. The molecular formula is C10H18N3O5P. The van der Waals surface area contributed by atoms with Crippen LogP contribution in [0.15, 0.2) is 16.5 Å². The Hall–Kier alpha value is -0.880. The summed E-state index contributed by atoms with van der Waals surface area (Å²) >= 11 is 0. The van der Waals surface area contributed by atoms with Gasteiger partial charge in [-0.15, -0.1) is 0 Å². The van der Waals surface area contributed by atoms with E-state index in [0.717, 1.165) is 0 Å². The Labute approximate surface area is 111 Å². The van der Waals surface area contributed by atoms with Crippen LogP contribution >= 0.6 is 7.60 Å². The lowest BCUT2D eigenvalue weighted by molar-refractivity contribution is 0.0692. The van der Waals surface area contributed by atoms with Gasteiger partial charge in [-0.2, -0.15) is 0 Å². The Balaban J connectivity index is 3.03. The highest BCUT2D eigenvalue weighted by molar-refractivity contribution is 7.58. The molecule has 1 rings (SSSR count). The monoisotopic (exact) mass is 291 g/mol. The average Bonchev–Trinajstić information content (AvgIpc) is 2.34. The van der Waals surface area contributed by atoms with Crippen molar-refractivity contribution >= 4 is 7.60 Å². The minimum absolute atomic E-state index is 0.0297. The molecule has 0 bridgehead atoms. The summed E-state index contributed by atoms with van der Waals surface area (Å²) in [5.74, 6) is 0. The van der Waals surface area contributed by atoms with Crippen molar-refractivity contribution in [2.75, 3.05) is 13.2 Å². The van der Waals surface area contributed by atoms with Crippen LogP contribution in [0.1, 0.15) is 20.3 Å². The molecule has 8 nitrogen and oxygen atoms in total. The Morgan fingerprint density at radius 3 is 2.47 bits per heavy atom. The first kappa shape index (κ1) is 16.2. The zero-order valence-corrected chi connectivity index (χ0v) is 11.7. The van der Waals surface area contributed by atoms with E-state index in [2.05, 4.69) is 10.0 Å². The lowest BCUT2D eigenvalue weighted by Gasteiger charge is -2.30. The topological polar surface area (TPSA) is 125 Å². The maximum atomic E-state index is 12.5. The molecule has 3 atom stereocenters. The fourth-order valence-electron chi connectivity index (χ4n) is 1.88. The van der Waals surface area contributed by atoms with Crippen molar-refractivity contribution in [1.29, 1.82) is 0 Å². The van der Waals surface area contributed by atoms with Crippen molar-refractivity contribution in [3.05, 3.63) is 21.8 Å². The van der Waals surface area contributed by atoms with Crippen LogP contribution in [-0.4, -0.2) is 41.7 Å². The summed E-state index contributed by atoms with van der Waals surface area (Å²) in [4.78, 5) is 2.56. The second kappa shape index (κ2) is 7.05. The SMILES string of the molecule is CCOP(=O)(OCC)C1=C[C@H](O)[C@@H](N=[N+]=[N-])[C@H](O)C1. The summed E-state index contributed by atoms with van der Waals surface area (Å²) in [5, 5.41) is 23.2. The van der Waals surface area contributed by atoms with E-state index >= 15 is 0 Å². The third-order valence-electron chi connectivity index (χ3n) is 2.66. The molecule has 2 N–H and O–H groups in total. The molecular weight excluding hydrogens is 273 g/mol. The standard InChI is InChI=1S/C10H18N3O5P/c1-3-17-19(16,18-4-2)7-5-8(14)10(12-13-11)9(15)6-7/h5,8-10,14-15H,3-4,6H2,1-2H3/t8-,9+,10+/m0/s1. The van der Waals surface area contributed by atoms with E-state index in [1.54, 1.807) is 13.8 Å². The molecule has 0 heterocycles. The second-order valence-corrected chi connectivity index (χ2v) is 6.03. The summed E-state index contributed by atoms with van der Waals surface area (Å²) < 4.78 is 22.8. The number of aliphatic hydroxyl groups is 2. The minimum Gasteiger partial charge on any atom is -0.392 e. The Kier molecular flexibility index (Phi) is 6.00. The van der Waals surface area contributed by atoms with Crippen LogP contribution < -0.4 is 0 Å². The van der Waals surface area contributed by atoms with Gasteiger partial charge in [0.15, 0.2) is 0 Å². The molecule has 1 aliphatic carbocycles. The normalized spacial score (nSPS) is 27.6. The van der Waals surface area contributed by atoms with Gasteiger partial charge >= 0.3 is 7.60 Å². The van der Waals surface area contributed by atoms with Gasteiger partial charge in [0.25, 0.3) is 0 Å². The number of hydrogen-bond donors (Lipinski definition) is 2. The highest BCUT2D eigenvalue weighted by atomic mass is 31.2. The fourth-order valence-corrected chi connectivity index (χ4v) is 3.71. The van der Waals surface area contributed by atoms with Gasteiger partial charge in [0.1, 0.15) is 0 Å².